The predicted molar refractivity (Wildman–Crippen MR) is 118 cm³/mol. The first-order chi connectivity index (χ1) is 15.1. The van der Waals surface area contributed by atoms with Crippen molar-refractivity contribution >= 4 is 27.9 Å². The third kappa shape index (κ3) is 3.66. The maximum absolute atomic E-state index is 12.9. The van der Waals surface area contributed by atoms with E-state index in [0.717, 1.165) is 20.9 Å². The van der Waals surface area contributed by atoms with Crippen molar-refractivity contribution in [1.29, 1.82) is 0 Å². The fraction of sp³-hybridized carbons (Fsp3) is 0.0909. The third-order valence-corrected chi connectivity index (χ3v) is 5.63. The highest BCUT2D eigenvalue weighted by atomic mass is 32.1. The maximum atomic E-state index is 12.9. The largest absolute Gasteiger partial charge is 0.463 e. The summed E-state index contributed by atoms with van der Waals surface area (Å²) in [6, 6.07) is 13.0. The summed E-state index contributed by atoms with van der Waals surface area (Å²) in [5.41, 5.74) is 2.42. The summed E-state index contributed by atoms with van der Waals surface area (Å²) in [6.07, 6.45) is 5.42. The predicted octanol–water partition coefficient (Wildman–Crippen LogP) is 4.08. The maximum Gasteiger partial charge on any atom is 0.267 e. The summed E-state index contributed by atoms with van der Waals surface area (Å²) < 4.78 is 8.45. The molecule has 1 N–H and O–H groups in total. The van der Waals surface area contributed by atoms with Crippen molar-refractivity contribution in [3.05, 3.63) is 82.9 Å². The van der Waals surface area contributed by atoms with E-state index in [4.69, 9.17) is 4.42 Å². The summed E-state index contributed by atoms with van der Waals surface area (Å²) >= 11 is 1.56. The molecular weight excluding hydrogens is 414 g/mol. The van der Waals surface area contributed by atoms with Crippen molar-refractivity contribution in [3.8, 4) is 22.7 Å². The van der Waals surface area contributed by atoms with Crippen LogP contribution in [0.15, 0.2) is 81.8 Å². The van der Waals surface area contributed by atoms with Crippen LogP contribution in [0.4, 0.5) is 5.69 Å². The van der Waals surface area contributed by atoms with Crippen molar-refractivity contribution in [1.82, 2.24) is 19.2 Å². The first-order valence-electron chi connectivity index (χ1n) is 9.56. The normalized spacial score (nSPS) is 12.2. The van der Waals surface area contributed by atoms with Gasteiger partial charge in [-0.05, 0) is 37.3 Å². The minimum absolute atomic E-state index is 0.353. The van der Waals surface area contributed by atoms with Gasteiger partial charge in [-0.3, -0.25) is 14.0 Å². The topological polar surface area (TPSA) is 94.4 Å². The molecule has 154 valence electrons. The molecule has 0 radical (unpaired) electrons. The molecule has 0 aliphatic rings. The van der Waals surface area contributed by atoms with Crippen LogP contribution >= 0.6 is 11.3 Å². The number of imidazole rings is 1. The average Bonchev–Trinajstić information content (AvgIpc) is 3.51. The number of hydrogen-bond donors (Lipinski definition) is 1. The van der Waals surface area contributed by atoms with E-state index in [1.54, 1.807) is 42.5 Å². The molecule has 5 aromatic rings. The van der Waals surface area contributed by atoms with Gasteiger partial charge in [0, 0.05) is 35.1 Å². The number of hydrogen-bond acceptors (Lipinski definition) is 6. The van der Waals surface area contributed by atoms with Gasteiger partial charge in [-0.25, -0.2) is 9.67 Å². The van der Waals surface area contributed by atoms with E-state index >= 15 is 0 Å². The molecular formula is C22H17N5O3S. The second kappa shape index (κ2) is 7.69. The van der Waals surface area contributed by atoms with Gasteiger partial charge in [-0.1, -0.05) is 12.1 Å². The van der Waals surface area contributed by atoms with Crippen molar-refractivity contribution in [2.24, 2.45) is 0 Å². The fourth-order valence-electron chi connectivity index (χ4n) is 3.24. The molecule has 4 aromatic heterocycles. The van der Waals surface area contributed by atoms with Gasteiger partial charge in [0.25, 0.3) is 5.56 Å². The molecule has 0 spiro atoms. The highest BCUT2D eigenvalue weighted by molar-refractivity contribution is 7.15. The number of thiazole rings is 1. The van der Waals surface area contributed by atoms with Crippen LogP contribution in [0.5, 0.6) is 0 Å². The Hall–Kier alpha value is -3.98. The zero-order valence-electron chi connectivity index (χ0n) is 16.4. The van der Waals surface area contributed by atoms with Gasteiger partial charge >= 0.3 is 0 Å². The molecule has 8 nitrogen and oxygen atoms in total. The lowest BCUT2D eigenvalue weighted by molar-refractivity contribution is -0.119. The minimum Gasteiger partial charge on any atom is -0.463 e. The number of rotatable bonds is 5. The molecule has 0 aliphatic carbocycles. The summed E-state index contributed by atoms with van der Waals surface area (Å²) in [5.74, 6) is 0.170. The van der Waals surface area contributed by atoms with Gasteiger partial charge < -0.3 is 9.73 Å². The number of nitrogens with zero attached hydrogens (tertiary/aromatic N) is 4. The summed E-state index contributed by atoms with van der Waals surface area (Å²) in [4.78, 5) is 30.7. The number of aromatic nitrogens is 4. The summed E-state index contributed by atoms with van der Waals surface area (Å²) in [5, 5.41) is 9.14. The number of fused-ring (bicyclic) bond motifs is 1. The van der Waals surface area contributed by atoms with Crippen molar-refractivity contribution in [3.63, 3.8) is 0 Å². The zero-order chi connectivity index (χ0) is 21.4. The fourth-order valence-corrected chi connectivity index (χ4v) is 3.94. The van der Waals surface area contributed by atoms with Gasteiger partial charge in [0.15, 0.2) is 10.7 Å². The van der Waals surface area contributed by atoms with Crippen LogP contribution in [-0.4, -0.2) is 25.1 Å². The molecule has 1 atom stereocenters. The Bertz CT molecular complexity index is 1400. The number of furan rings is 1. The van der Waals surface area contributed by atoms with Crippen molar-refractivity contribution in [2.45, 2.75) is 13.0 Å². The zero-order valence-corrected chi connectivity index (χ0v) is 17.2. The quantitative estimate of drug-likeness (QED) is 0.453. The smallest absolute Gasteiger partial charge is 0.267 e. The van der Waals surface area contributed by atoms with Crippen LogP contribution in [0.2, 0.25) is 0 Å². The average molecular weight is 431 g/mol. The summed E-state index contributed by atoms with van der Waals surface area (Å²) in [7, 11) is 0. The Balaban J connectivity index is 1.38. The molecule has 9 heteroatoms. The van der Waals surface area contributed by atoms with Crippen molar-refractivity contribution < 1.29 is 9.21 Å². The van der Waals surface area contributed by atoms with Gasteiger partial charge in [0.1, 0.15) is 11.7 Å². The molecule has 0 saturated heterocycles. The van der Waals surface area contributed by atoms with E-state index in [0.29, 0.717) is 17.1 Å². The molecule has 5 rings (SSSR count). The van der Waals surface area contributed by atoms with Crippen LogP contribution in [0.3, 0.4) is 0 Å². The van der Waals surface area contributed by atoms with Gasteiger partial charge in [0.05, 0.1) is 12.0 Å². The third-order valence-electron chi connectivity index (χ3n) is 4.86. The Labute approximate surface area is 180 Å². The van der Waals surface area contributed by atoms with Crippen LogP contribution in [0.1, 0.15) is 13.0 Å². The molecule has 4 heterocycles. The van der Waals surface area contributed by atoms with Crippen LogP contribution in [0, 0.1) is 0 Å². The second-order valence-corrected chi connectivity index (χ2v) is 7.82. The lowest BCUT2D eigenvalue weighted by atomic mass is 10.1. The minimum atomic E-state index is -0.816. The highest BCUT2D eigenvalue weighted by Crippen LogP contribution is 2.24. The molecule has 31 heavy (non-hydrogen) atoms. The van der Waals surface area contributed by atoms with Crippen LogP contribution in [0.25, 0.3) is 27.7 Å². The Morgan fingerprint density at radius 1 is 1.16 bits per heavy atom. The van der Waals surface area contributed by atoms with E-state index < -0.39 is 6.04 Å². The second-order valence-electron chi connectivity index (χ2n) is 6.94. The summed E-state index contributed by atoms with van der Waals surface area (Å²) in [6.45, 7) is 1.63. The van der Waals surface area contributed by atoms with Gasteiger partial charge in [-0.15, -0.1) is 11.3 Å². The van der Waals surface area contributed by atoms with Crippen molar-refractivity contribution in [2.75, 3.05) is 5.32 Å². The van der Waals surface area contributed by atoms with E-state index in [1.807, 2.05) is 40.4 Å². The Morgan fingerprint density at radius 2 is 2.06 bits per heavy atom. The lowest BCUT2D eigenvalue weighted by Crippen LogP contribution is -2.33. The number of anilines is 1. The number of benzene rings is 1. The molecule has 0 aliphatic heterocycles. The Kier molecular flexibility index (Phi) is 4.72. The molecule has 0 bridgehead atoms. The van der Waals surface area contributed by atoms with Gasteiger partial charge in [0.2, 0.25) is 5.91 Å². The molecule has 1 amide bonds. The van der Waals surface area contributed by atoms with E-state index in [-0.39, 0.29) is 11.5 Å². The standard InChI is InChI=1S/C22H17N5O3S/c1-14(27-20(28)8-7-17(25-27)19-6-3-10-30-19)21(29)23-16-5-2-4-15(12-16)18-13-26-9-11-31-22(26)24-18/h2-14H,1H3,(H,23,29). The van der Waals surface area contributed by atoms with E-state index in [2.05, 4.69) is 15.4 Å². The SMILES string of the molecule is CC(C(=O)Nc1cccc(-c2cn3ccsc3n2)c1)n1nc(-c2ccco2)ccc1=O. The van der Waals surface area contributed by atoms with E-state index in [9.17, 15) is 9.59 Å². The monoisotopic (exact) mass is 431 g/mol. The lowest BCUT2D eigenvalue weighted by Gasteiger charge is -2.15. The molecule has 1 aromatic carbocycles. The number of nitrogens with one attached hydrogen (secondary N) is 1. The molecule has 0 saturated carbocycles. The number of amides is 1. The number of carbonyl (C=O) groups is 1. The first kappa shape index (κ1) is 19.0. The van der Waals surface area contributed by atoms with Gasteiger partial charge in [-0.2, -0.15) is 5.10 Å². The molecule has 1 unspecified atom stereocenters. The molecule has 0 fully saturated rings. The highest BCUT2D eigenvalue weighted by Gasteiger charge is 2.19. The van der Waals surface area contributed by atoms with Crippen LogP contribution < -0.4 is 10.9 Å². The number of carbonyl (C=O) groups excluding carboxylic acids is 1. The first-order valence-corrected chi connectivity index (χ1v) is 10.4. The Morgan fingerprint density at radius 3 is 2.87 bits per heavy atom. The van der Waals surface area contributed by atoms with E-state index in [1.165, 1.54) is 12.3 Å². The van der Waals surface area contributed by atoms with Crippen LogP contribution in [-0.2, 0) is 4.79 Å².